The van der Waals surface area contributed by atoms with Crippen LogP contribution in [0.25, 0.3) is 0 Å². The van der Waals surface area contributed by atoms with Crippen molar-refractivity contribution in [2.24, 2.45) is 0 Å². The van der Waals surface area contributed by atoms with Crippen LogP contribution in [0.15, 0.2) is 48.5 Å². The molecule has 23 heavy (non-hydrogen) atoms. The molecule has 120 valence electrons. The van der Waals surface area contributed by atoms with Crippen LogP contribution in [-0.2, 0) is 4.79 Å². The summed E-state index contributed by atoms with van der Waals surface area (Å²) in [5.74, 6) is -0.118. The highest BCUT2D eigenvalue weighted by atomic mass is 35.5. The van der Waals surface area contributed by atoms with Crippen LogP contribution in [0.3, 0.4) is 0 Å². The van der Waals surface area contributed by atoms with Crippen LogP contribution >= 0.6 is 11.6 Å². The van der Waals surface area contributed by atoms with Gasteiger partial charge < -0.3 is 15.3 Å². The average Bonchev–Trinajstić information content (AvgIpc) is 2.56. The molecule has 0 spiro atoms. The minimum Gasteiger partial charge on any atom is -0.396 e. The number of anilines is 2. The van der Waals surface area contributed by atoms with Crippen LogP contribution in [0.5, 0.6) is 0 Å². The molecule has 1 aliphatic rings. The molecule has 2 N–H and O–H groups in total. The third-order valence-electron chi connectivity index (χ3n) is 4.06. The molecule has 1 amide bonds. The summed E-state index contributed by atoms with van der Waals surface area (Å²) >= 11 is 5.97. The maximum absolute atomic E-state index is 11.8. The summed E-state index contributed by atoms with van der Waals surface area (Å²) in [6.07, 6.45) is 0.955. The van der Waals surface area contributed by atoms with Gasteiger partial charge in [-0.1, -0.05) is 29.8 Å². The molecule has 0 bridgehead atoms. The van der Waals surface area contributed by atoms with E-state index in [1.807, 2.05) is 42.5 Å². The fourth-order valence-corrected chi connectivity index (χ4v) is 3.10. The zero-order valence-corrected chi connectivity index (χ0v) is 13.5. The Morgan fingerprint density at radius 2 is 1.96 bits per heavy atom. The maximum atomic E-state index is 11.8. The van der Waals surface area contributed by atoms with E-state index in [4.69, 9.17) is 16.7 Å². The van der Waals surface area contributed by atoms with E-state index in [1.165, 1.54) is 0 Å². The number of aliphatic hydroxyl groups excluding tert-OH is 1. The van der Waals surface area contributed by atoms with Crippen molar-refractivity contribution in [1.82, 2.24) is 5.32 Å². The van der Waals surface area contributed by atoms with Gasteiger partial charge in [0.15, 0.2) is 0 Å². The topological polar surface area (TPSA) is 52.6 Å². The molecule has 5 heteroatoms. The van der Waals surface area contributed by atoms with Crippen molar-refractivity contribution >= 4 is 28.9 Å². The van der Waals surface area contributed by atoms with Gasteiger partial charge in [0.25, 0.3) is 0 Å². The number of nitrogens with one attached hydrogen (secondary N) is 1. The van der Waals surface area contributed by atoms with E-state index in [9.17, 15) is 4.79 Å². The summed E-state index contributed by atoms with van der Waals surface area (Å²) in [5, 5.41) is 12.6. The number of halogens is 1. The van der Waals surface area contributed by atoms with E-state index in [0.717, 1.165) is 29.9 Å². The Bertz CT molecular complexity index is 688. The van der Waals surface area contributed by atoms with Gasteiger partial charge in [-0.15, -0.1) is 0 Å². The molecule has 1 heterocycles. The quantitative estimate of drug-likeness (QED) is 0.903. The highest BCUT2D eigenvalue weighted by Gasteiger charge is 2.26. The van der Waals surface area contributed by atoms with Gasteiger partial charge in [-0.25, -0.2) is 0 Å². The monoisotopic (exact) mass is 330 g/mol. The third kappa shape index (κ3) is 3.49. The minimum atomic E-state index is -0.128. The first-order valence-electron chi connectivity index (χ1n) is 7.71. The first-order valence-corrected chi connectivity index (χ1v) is 8.09. The first-order chi connectivity index (χ1) is 11.2. The summed E-state index contributed by atoms with van der Waals surface area (Å²) in [6, 6.07) is 15.8. The zero-order valence-electron chi connectivity index (χ0n) is 12.7. The van der Waals surface area contributed by atoms with Crippen molar-refractivity contribution < 1.29 is 9.90 Å². The van der Waals surface area contributed by atoms with E-state index < -0.39 is 0 Å². The van der Waals surface area contributed by atoms with Crippen LogP contribution in [0.2, 0.25) is 5.02 Å². The second-order valence-corrected chi connectivity index (χ2v) is 6.01. The highest BCUT2D eigenvalue weighted by molar-refractivity contribution is 6.30. The van der Waals surface area contributed by atoms with Gasteiger partial charge >= 0.3 is 0 Å². The third-order valence-corrected chi connectivity index (χ3v) is 4.31. The van der Waals surface area contributed by atoms with Crippen molar-refractivity contribution in [1.29, 1.82) is 0 Å². The van der Waals surface area contributed by atoms with Crippen molar-refractivity contribution in [3.05, 3.63) is 59.1 Å². The van der Waals surface area contributed by atoms with Gasteiger partial charge in [-0.2, -0.15) is 0 Å². The van der Waals surface area contributed by atoms with E-state index in [0.29, 0.717) is 5.02 Å². The predicted octanol–water partition coefficient (Wildman–Crippen LogP) is 3.42. The summed E-state index contributed by atoms with van der Waals surface area (Å²) < 4.78 is 0. The van der Waals surface area contributed by atoms with Gasteiger partial charge in [0.05, 0.1) is 12.6 Å². The number of rotatable bonds is 4. The Hall–Kier alpha value is -2.04. The number of aliphatic hydroxyl groups is 1. The Morgan fingerprint density at radius 1 is 1.22 bits per heavy atom. The molecular weight excluding hydrogens is 312 g/mol. The molecule has 0 saturated carbocycles. The molecule has 2 aromatic rings. The van der Waals surface area contributed by atoms with Gasteiger partial charge in [0.2, 0.25) is 5.91 Å². The Morgan fingerprint density at radius 3 is 2.70 bits per heavy atom. The largest absolute Gasteiger partial charge is 0.396 e. The second-order valence-electron chi connectivity index (χ2n) is 5.57. The molecule has 1 unspecified atom stereocenters. The Balaban J connectivity index is 1.88. The molecule has 0 aromatic heterocycles. The fourth-order valence-electron chi connectivity index (χ4n) is 2.97. The van der Waals surface area contributed by atoms with Crippen molar-refractivity contribution in [3.8, 4) is 0 Å². The fraction of sp³-hybridized carbons (Fsp3) is 0.278. The van der Waals surface area contributed by atoms with Gasteiger partial charge in [0, 0.05) is 29.4 Å². The van der Waals surface area contributed by atoms with E-state index in [1.54, 1.807) is 0 Å². The Kier molecular flexibility index (Phi) is 4.84. The zero-order chi connectivity index (χ0) is 16.2. The number of amides is 1. The lowest BCUT2D eigenvalue weighted by Gasteiger charge is -2.36. The standard InChI is InChI=1S/C18H19ClN2O2/c19-13-5-7-14(8-6-13)21-11-9-16(20-18(23)10-12-22)15-3-1-2-4-17(15)21/h1-8,16,22H,9-12H2,(H,20,23). The molecule has 1 atom stereocenters. The number of nitrogens with zero attached hydrogens (tertiary/aromatic N) is 1. The predicted molar refractivity (Wildman–Crippen MR) is 92.1 cm³/mol. The SMILES string of the molecule is O=C(CCO)NC1CCN(c2ccc(Cl)cc2)c2ccccc21. The van der Waals surface area contributed by atoms with Gasteiger partial charge in [-0.3, -0.25) is 4.79 Å². The molecular formula is C18H19ClN2O2. The van der Waals surface area contributed by atoms with E-state index in [-0.39, 0.29) is 25.0 Å². The number of carbonyl (C=O) groups is 1. The van der Waals surface area contributed by atoms with Crippen molar-refractivity contribution in [2.45, 2.75) is 18.9 Å². The van der Waals surface area contributed by atoms with Crippen LogP contribution in [-0.4, -0.2) is 24.2 Å². The smallest absolute Gasteiger partial charge is 0.222 e. The molecule has 0 radical (unpaired) electrons. The number of hydrogen-bond donors (Lipinski definition) is 2. The molecule has 3 rings (SSSR count). The molecule has 0 saturated heterocycles. The van der Waals surface area contributed by atoms with Gasteiger partial charge in [-0.05, 0) is 42.3 Å². The van der Waals surface area contributed by atoms with Crippen molar-refractivity contribution in [2.75, 3.05) is 18.1 Å². The number of para-hydroxylation sites is 1. The van der Waals surface area contributed by atoms with Crippen LogP contribution < -0.4 is 10.2 Å². The number of benzene rings is 2. The molecule has 4 nitrogen and oxygen atoms in total. The summed E-state index contributed by atoms with van der Waals surface area (Å²) in [4.78, 5) is 14.0. The van der Waals surface area contributed by atoms with Crippen LogP contribution in [0, 0.1) is 0 Å². The Labute approximate surface area is 140 Å². The minimum absolute atomic E-state index is 0.0196. The lowest BCUT2D eigenvalue weighted by Crippen LogP contribution is -2.36. The number of fused-ring (bicyclic) bond motifs is 1. The first kappa shape index (κ1) is 15.8. The second kappa shape index (κ2) is 7.02. The lowest BCUT2D eigenvalue weighted by atomic mass is 9.95. The maximum Gasteiger partial charge on any atom is 0.222 e. The van der Waals surface area contributed by atoms with Crippen LogP contribution in [0.1, 0.15) is 24.4 Å². The average molecular weight is 331 g/mol. The number of carbonyl (C=O) groups excluding carboxylic acids is 1. The molecule has 2 aromatic carbocycles. The summed E-state index contributed by atoms with van der Waals surface area (Å²) in [6.45, 7) is 0.680. The summed E-state index contributed by atoms with van der Waals surface area (Å²) in [7, 11) is 0. The molecule has 1 aliphatic heterocycles. The van der Waals surface area contributed by atoms with Crippen molar-refractivity contribution in [3.63, 3.8) is 0 Å². The van der Waals surface area contributed by atoms with Gasteiger partial charge in [0.1, 0.15) is 0 Å². The highest BCUT2D eigenvalue weighted by Crippen LogP contribution is 2.38. The molecule has 0 fully saturated rings. The number of hydrogen-bond acceptors (Lipinski definition) is 3. The normalized spacial score (nSPS) is 16.8. The molecule has 0 aliphatic carbocycles. The van der Waals surface area contributed by atoms with E-state index in [2.05, 4.69) is 16.3 Å². The van der Waals surface area contributed by atoms with Crippen LogP contribution in [0.4, 0.5) is 11.4 Å². The summed E-state index contributed by atoms with van der Waals surface area (Å²) in [5.41, 5.74) is 3.28. The van der Waals surface area contributed by atoms with E-state index >= 15 is 0 Å². The lowest BCUT2D eigenvalue weighted by molar-refractivity contribution is -0.122.